The summed E-state index contributed by atoms with van der Waals surface area (Å²) >= 11 is 0. The van der Waals surface area contributed by atoms with E-state index in [0.717, 1.165) is 0 Å². The van der Waals surface area contributed by atoms with Crippen LogP contribution in [0.1, 0.15) is 11.7 Å². The number of methoxy groups -OCH3 is 2. The van der Waals surface area contributed by atoms with Gasteiger partial charge in [0, 0.05) is 17.7 Å². The van der Waals surface area contributed by atoms with Crippen LogP contribution in [0, 0.1) is 0 Å². The van der Waals surface area contributed by atoms with Crippen LogP contribution >= 0.6 is 0 Å². The van der Waals surface area contributed by atoms with Gasteiger partial charge >= 0.3 is 0 Å². The van der Waals surface area contributed by atoms with Gasteiger partial charge in [0.1, 0.15) is 58.9 Å². The number of benzene rings is 2. The van der Waals surface area contributed by atoms with E-state index >= 15 is 0 Å². The van der Waals surface area contributed by atoms with Crippen LogP contribution in [0.15, 0.2) is 45.6 Å². The van der Waals surface area contributed by atoms with E-state index in [1.54, 1.807) is 24.3 Å². The van der Waals surface area contributed by atoms with Crippen molar-refractivity contribution in [1.82, 2.24) is 0 Å². The molecule has 10 nitrogen and oxygen atoms in total. The Morgan fingerprint density at radius 2 is 1.67 bits per heavy atom. The summed E-state index contributed by atoms with van der Waals surface area (Å²) in [4.78, 5) is 13.0. The van der Waals surface area contributed by atoms with Gasteiger partial charge in [-0.3, -0.25) is 4.79 Å². The second-order valence-corrected chi connectivity index (χ2v) is 7.67. The highest BCUT2D eigenvalue weighted by Crippen LogP contribution is 2.44. The summed E-state index contributed by atoms with van der Waals surface area (Å²) in [6.45, 7) is -0.638. The number of aliphatic hydroxyl groups is 4. The zero-order valence-electron chi connectivity index (χ0n) is 17.8. The van der Waals surface area contributed by atoms with Crippen molar-refractivity contribution in [2.24, 2.45) is 0 Å². The Morgan fingerprint density at radius 1 is 0.970 bits per heavy atom. The summed E-state index contributed by atoms with van der Waals surface area (Å²) in [5.74, 6) is 0.362. The number of fused-ring (bicyclic) bond motifs is 1. The molecule has 0 radical (unpaired) electrons. The highest BCUT2D eigenvalue weighted by molar-refractivity contribution is 5.89. The number of phenols is 1. The van der Waals surface area contributed by atoms with Gasteiger partial charge in [-0.25, -0.2) is 0 Å². The van der Waals surface area contributed by atoms with Gasteiger partial charge in [-0.2, -0.15) is 0 Å². The van der Waals surface area contributed by atoms with Gasteiger partial charge in [0.25, 0.3) is 0 Å². The summed E-state index contributed by atoms with van der Waals surface area (Å²) in [6.07, 6.45) is -7.44. The molecule has 1 fully saturated rings. The topological polar surface area (TPSA) is 159 Å². The van der Waals surface area contributed by atoms with Crippen molar-refractivity contribution < 1.29 is 44.2 Å². The Hall–Kier alpha value is -3.15. The van der Waals surface area contributed by atoms with E-state index < -0.39 is 48.3 Å². The zero-order valence-corrected chi connectivity index (χ0v) is 17.8. The molecule has 0 bridgehead atoms. The molecule has 0 amide bonds. The smallest absolute Gasteiger partial charge is 0.197 e. The maximum absolute atomic E-state index is 13.0. The number of phenolic OH excluding ortho intramolecular Hbond substituents is 1. The quantitative estimate of drug-likeness (QED) is 0.367. The van der Waals surface area contributed by atoms with Crippen molar-refractivity contribution in [3.8, 4) is 28.6 Å². The van der Waals surface area contributed by atoms with Gasteiger partial charge in [0.05, 0.1) is 26.4 Å². The molecular weight excluding hydrogens is 436 g/mol. The molecule has 10 heteroatoms. The molecule has 176 valence electrons. The molecule has 5 unspecified atom stereocenters. The molecule has 1 aliphatic rings. The molecule has 33 heavy (non-hydrogen) atoms. The van der Waals surface area contributed by atoms with Crippen molar-refractivity contribution in [3.63, 3.8) is 0 Å². The number of ether oxygens (including phenoxy) is 3. The van der Waals surface area contributed by atoms with Crippen molar-refractivity contribution in [2.45, 2.75) is 30.5 Å². The van der Waals surface area contributed by atoms with Crippen molar-refractivity contribution >= 4 is 11.0 Å². The van der Waals surface area contributed by atoms with Crippen LogP contribution in [0.25, 0.3) is 22.3 Å². The van der Waals surface area contributed by atoms with Crippen LogP contribution in [0.5, 0.6) is 17.2 Å². The molecular formula is C23H24O10. The van der Waals surface area contributed by atoms with Crippen LogP contribution in [-0.2, 0) is 4.74 Å². The summed E-state index contributed by atoms with van der Waals surface area (Å²) in [6, 6.07) is 9.10. The minimum atomic E-state index is -1.66. The van der Waals surface area contributed by atoms with Gasteiger partial charge in [-0.05, 0) is 24.3 Å². The molecule has 4 rings (SSSR count). The predicted octanol–water partition coefficient (Wildman–Crippen LogP) is 0.698. The SMILES string of the molecule is COc1ccc(-c2cc(=O)c3c(O)cc(OC)c(C4OC(CO)C(O)C(O)C4O)c3o2)cc1. The van der Waals surface area contributed by atoms with Gasteiger partial charge < -0.3 is 44.2 Å². The van der Waals surface area contributed by atoms with E-state index in [0.29, 0.717) is 11.3 Å². The first-order valence-electron chi connectivity index (χ1n) is 10.1. The van der Waals surface area contributed by atoms with Gasteiger partial charge in [0.2, 0.25) is 0 Å². The second-order valence-electron chi connectivity index (χ2n) is 7.67. The van der Waals surface area contributed by atoms with E-state index in [4.69, 9.17) is 18.6 Å². The van der Waals surface area contributed by atoms with E-state index in [9.17, 15) is 30.3 Å². The maximum atomic E-state index is 13.0. The molecule has 5 atom stereocenters. The predicted molar refractivity (Wildman–Crippen MR) is 115 cm³/mol. The second kappa shape index (κ2) is 9.00. The fourth-order valence-corrected chi connectivity index (χ4v) is 3.99. The van der Waals surface area contributed by atoms with Gasteiger partial charge in [-0.1, -0.05) is 0 Å². The average Bonchev–Trinajstić information content (AvgIpc) is 2.82. The number of aromatic hydroxyl groups is 1. The third-order valence-electron chi connectivity index (χ3n) is 5.75. The van der Waals surface area contributed by atoms with Crippen molar-refractivity contribution in [1.29, 1.82) is 0 Å². The van der Waals surface area contributed by atoms with Crippen LogP contribution in [-0.4, -0.2) is 70.8 Å². The third-order valence-corrected chi connectivity index (χ3v) is 5.75. The summed E-state index contributed by atoms with van der Waals surface area (Å²) < 4.78 is 22.2. The highest BCUT2D eigenvalue weighted by Gasteiger charge is 2.46. The Balaban J connectivity index is 1.97. The van der Waals surface area contributed by atoms with Gasteiger partial charge in [0.15, 0.2) is 11.0 Å². The summed E-state index contributed by atoms with van der Waals surface area (Å²) in [7, 11) is 2.83. The van der Waals surface area contributed by atoms with Crippen LogP contribution in [0.4, 0.5) is 0 Å². The largest absolute Gasteiger partial charge is 0.507 e. The first-order chi connectivity index (χ1) is 15.8. The first kappa shape index (κ1) is 23.0. The Bertz CT molecular complexity index is 1200. The van der Waals surface area contributed by atoms with Crippen LogP contribution in [0.2, 0.25) is 0 Å². The lowest BCUT2D eigenvalue weighted by atomic mass is 9.89. The first-order valence-corrected chi connectivity index (χ1v) is 10.1. The molecule has 1 saturated heterocycles. The van der Waals surface area contributed by atoms with Crippen molar-refractivity contribution in [3.05, 3.63) is 52.2 Å². The Morgan fingerprint density at radius 3 is 2.27 bits per heavy atom. The summed E-state index contributed by atoms with van der Waals surface area (Å²) in [5, 5.41) is 50.9. The maximum Gasteiger partial charge on any atom is 0.197 e. The monoisotopic (exact) mass is 460 g/mol. The molecule has 0 aliphatic carbocycles. The van der Waals surface area contributed by atoms with Crippen LogP contribution in [0.3, 0.4) is 0 Å². The minimum Gasteiger partial charge on any atom is -0.507 e. The molecule has 0 spiro atoms. The molecule has 1 aromatic heterocycles. The molecule has 2 heterocycles. The number of hydrogen-bond acceptors (Lipinski definition) is 10. The van der Waals surface area contributed by atoms with E-state index in [-0.39, 0.29) is 28.0 Å². The van der Waals surface area contributed by atoms with Gasteiger partial charge in [-0.15, -0.1) is 0 Å². The lowest BCUT2D eigenvalue weighted by molar-refractivity contribution is -0.231. The lowest BCUT2D eigenvalue weighted by Gasteiger charge is -2.40. The lowest BCUT2D eigenvalue weighted by Crippen LogP contribution is -2.55. The van der Waals surface area contributed by atoms with Crippen LogP contribution < -0.4 is 14.9 Å². The highest BCUT2D eigenvalue weighted by atomic mass is 16.5. The van der Waals surface area contributed by atoms with Crippen molar-refractivity contribution in [2.75, 3.05) is 20.8 Å². The molecule has 1 aliphatic heterocycles. The van der Waals surface area contributed by atoms with E-state index in [2.05, 4.69) is 0 Å². The zero-order chi connectivity index (χ0) is 23.9. The molecule has 2 aromatic carbocycles. The molecule has 5 N–H and O–H groups in total. The number of rotatable bonds is 5. The minimum absolute atomic E-state index is 0.0133. The Labute approximate surface area is 187 Å². The fraction of sp³-hybridized carbons (Fsp3) is 0.348. The fourth-order valence-electron chi connectivity index (χ4n) is 3.99. The normalized spacial score (nSPS) is 25.2. The average molecular weight is 460 g/mol. The standard InChI is InChI=1S/C23H24O10/c1-30-11-5-3-10(4-6-11)14-7-12(25)17-13(26)8-15(31-2)18(22(17)32-14)23-21(29)20(28)19(27)16(9-24)33-23/h3-8,16,19-21,23-24,26-29H,9H2,1-2H3. The third kappa shape index (κ3) is 3.92. The van der Waals surface area contributed by atoms with E-state index in [1.165, 1.54) is 26.4 Å². The number of hydrogen-bond donors (Lipinski definition) is 5. The Kier molecular flexibility index (Phi) is 6.28. The number of aliphatic hydroxyl groups excluding tert-OH is 4. The molecule has 3 aromatic rings. The molecule has 0 saturated carbocycles. The summed E-state index contributed by atoms with van der Waals surface area (Å²) in [5.41, 5.74) is -0.117. The van der Waals surface area contributed by atoms with E-state index in [1.807, 2.05) is 0 Å².